The molecule has 2 rings (SSSR count). The van der Waals surface area contributed by atoms with Gasteiger partial charge >= 0.3 is 5.97 Å². The molecule has 2 aromatic carbocycles. The molecule has 0 unspecified atom stereocenters. The third-order valence-electron chi connectivity index (χ3n) is 2.39. The summed E-state index contributed by atoms with van der Waals surface area (Å²) in [7, 11) is 0. The van der Waals surface area contributed by atoms with Crippen molar-refractivity contribution in [2.45, 2.75) is 0 Å². The van der Waals surface area contributed by atoms with Crippen molar-refractivity contribution in [3.63, 3.8) is 0 Å². The number of benzene rings is 2. The van der Waals surface area contributed by atoms with Gasteiger partial charge in [0, 0.05) is 0 Å². The van der Waals surface area contributed by atoms with E-state index in [1.807, 2.05) is 6.07 Å². The monoisotopic (exact) mass is 240 g/mol. The van der Waals surface area contributed by atoms with Crippen molar-refractivity contribution in [1.29, 1.82) is 5.41 Å². The predicted octanol–water partition coefficient (Wildman–Crippen LogP) is 2.19. The van der Waals surface area contributed by atoms with E-state index in [2.05, 4.69) is 0 Å². The number of para-hydroxylation sites is 1. The lowest BCUT2D eigenvalue weighted by Crippen LogP contribution is -2.15. The molecule has 0 atom stereocenters. The summed E-state index contributed by atoms with van der Waals surface area (Å²) in [5, 5.41) is 7.41. The van der Waals surface area contributed by atoms with Gasteiger partial charge in [-0.1, -0.05) is 30.3 Å². The maximum absolute atomic E-state index is 11.9. The van der Waals surface area contributed by atoms with Gasteiger partial charge in [0.25, 0.3) is 0 Å². The van der Waals surface area contributed by atoms with E-state index in [0.717, 1.165) is 0 Å². The Labute approximate surface area is 105 Å². The topological polar surface area (TPSA) is 76.2 Å². The van der Waals surface area contributed by atoms with Crippen LogP contribution in [0.3, 0.4) is 0 Å². The summed E-state index contributed by atoms with van der Waals surface area (Å²) in [6, 6.07) is 15.4. The summed E-state index contributed by atoms with van der Waals surface area (Å²) >= 11 is 0. The first-order valence-electron chi connectivity index (χ1n) is 5.39. The van der Waals surface area contributed by atoms with Crippen LogP contribution in [0.2, 0.25) is 0 Å². The Bertz CT molecular complexity index is 579. The number of hydrogen-bond donors (Lipinski definition) is 2. The zero-order valence-corrected chi connectivity index (χ0v) is 9.59. The van der Waals surface area contributed by atoms with E-state index in [0.29, 0.717) is 16.9 Å². The fourth-order valence-electron chi connectivity index (χ4n) is 1.51. The van der Waals surface area contributed by atoms with Crippen LogP contribution in [0.25, 0.3) is 0 Å². The van der Waals surface area contributed by atoms with E-state index in [-0.39, 0.29) is 5.84 Å². The smallest absolute Gasteiger partial charge is 0.343 e. The van der Waals surface area contributed by atoms with Crippen LogP contribution < -0.4 is 10.5 Å². The fourth-order valence-corrected chi connectivity index (χ4v) is 1.51. The molecular weight excluding hydrogens is 228 g/mol. The molecule has 0 aliphatic carbocycles. The zero-order chi connectivity index (χ0) is 13.0. The first-order valence-corrected chi connectivity index (χ1v) is 5.39. The minimum Gasteiger partial charge on any atom is -0.422 e. The number of hydrogen-bond acceptors (Lipinski definition) is 3. The Hall–Kier alpha value is -2.62. The second-order valence-corrected chi connectivity index (χ2v) is 3.67. The van der Waals surface area contributed by atoms with Crippen LogP contribution in [0.4, 0.5) is 0 Å². The first-order chi connectivity index (χ1) is 8.68. The van der Waals surface area contributed by atoms with Gasteiger partial charge in [0.2, 0.25) is 0 Å². The summed E-state index contributed by atoms with van der Waals surface area (Å²) in [4.78, 5) is 11.9. The van der Waals surface area contributed by atoms with Crippen LogP contribution in [-0.4, -0.2) is 11.8 Å². The van der Waals surface area contributed by atoms with Gasteiger partial charge in [0.1, 0.15) is 11.6 Å². The average molecular weight is 240 g/mol. The molecule has 0 amide bonds. The molecule has 0 saturated carbocycles. The molecule has 0 radical (unpaired) electrons. The van der Waals surface area contributed by atoms with Crippen LogP contribution in [0.15, 0.2) is 54.6 Å². The molecule has 4 nitrogen and oxygen atoms in total. The molecule has 0 aliphatic heterocycles. The molecule has 4 heteroatoms. The number of ether oxygens (including phenoxy) is 1. The van der Waals surface area contributed by atoms with E-state index in [4.69, 9.17) is 15.9 Å². The van der Waals surface area contributed by atoms with Gasteiger partial charge < -0.3 is 10.5 Å². The number of amidine groups is 1. The number of rotatable bonds is 3. The van der Waals surface area contributed by atoms with Gasteiger partial charge in [-0.25, -0.2) is 4.79 Å². The molecule has 3 N–H and O–H groups in total. The Morgan fingerprint density at radius 2 is 1.61 bits per heavy atom. The summed E-state index contributed by atoms with van der Waals surface area (Å²) in [5.41, 5.74) is 6.28. The van der Waals surface area contributed by atoms with Crippen LogP contribution in [0.5, 0.6) is 5.75 Å². The van der Waals surface area contributed by atoms with Crippen molar-refractivity contribution in [2.75, 3.05) is 0 Å². The highest BCUT2D eigenvalue weighted by Gasteiger charge is 2.11. The number of carbonyl (C=O) groups is 1. The number of esters is 1. The molecule has 90 valence electrons. The lowest BCUT2D eigenvalue weighted by molar-refractivity contribution is 0.0734. The van der Waals surface area contributed by atoms with Crippen molar-refractivity contribution in [1.82, 2.24) is 0 Å². The van der Waals surface area contributed by atoms with Gasteiger partial charge in [-0.2, -0.15) is 0 Å². The Morgan fingerprint density at radius 1 is 1.00 bits per heavy atom. The first kappa shape index (κ1) is 11.9. The second-order valence-electron chi connectivity index (χ2n) is 3.67. The molecule has 0 aliphatic rings. The van der Waals surface area contributed by atoms with E-state index >= 15 is 0 Å². The molecule has 0 heterocycles. The van der Waals surface area contributed by atoms with Crippen molar-refractivity contribution >= 4 is 11.8 Å². The van der Waals surface area contributed by atoms with Crippen LogP contribution in [0.1, 0.15) is 15.9 Å². The van der Waals surface area contributed by atoms with E-state index < -0.39 is 5.97 Å². The lowest BCUT2D eigenvalue weighted by Gasteiger charge is -2.08. The third-order valence-corrected chi connectivity index (χ3v) is 2.39. The van der Waals surface area contributed by atoms with Crippen LogP contribution in [0, 0.1) is 5.41 Å². The van der Waals surface area contributed by atoms with Gasteiger partial charge in [-0.05, 0) is 24.3 Å². The lowest BCUT2D eigenvalue weighted by atomic mass is 10.2. The number of nitrogen functional groups attached to an aromatic ring is 1. The summed E-state index contributed by atoms with van der Waals surface area (Å²) in [5.74, 6) is -0.311. The maximum Gasteiger partial charge on any atom is 0.343 e. The fraction of sp³-hybridized carbons (Fsp3) is 0. The molecule has 0 saturated heterocycles. The van der Waals surface area contributed by atoms with Crippen LogP contribution >= 0.6 is 0 Å². The standard InChI is InChI=1S/C14H12N2O2/c15-13(16)11-8-4-5-9-12(11)18-14(17)10-6-2-1-3-7-10/h1-9H,(H3,15,16). The highest BCUT2D eigenvalue weighted by molar-refractivity contribution is 5.99. The van der Waals surface area contributed by atoms with E-state index in [1.54, 1.807) is 48.5 Å². The highest BCUT2D eigenvalue weighted by atomic mass is 16.5. The summed E-state index contributed by atoms with van der Waals surface area (Å²) < 4.78 is 5.23. The molecule has 18 heavy (non-hydrogen) atoms. The molecular formula is C14H12N2O2. The normalized spacial score (nSPS) is 9.78. The minimum atomic E-state index is -0.468. The van der Waals surface area contributed by atoms with Crippen molar-refractivity contribution < 1.29 is 9.53 Å². The maximum atomic E-state index is 11.9. The second kappa shape index (κ2) is 5.14. The molecule has 0 fully saturated rings. The quantitative estimate of drug-likeness (QED) is 0.373. The Balaban J connectivity index is 2.25. The predicted molar refractivity (Wildman–Crippen MR) is 68.9 cm³/mol. The van der Waals surface area contributed by atoms with Gasteiger partial charge in [0.15, 0.2) is 0 Å². The van der Waals surface area contributed by atoms with E-state index in [9.17, 15) is 4.79 Å². The summed E-state index contributed by atoms with van der Waals surface area (Å²) in [6.45, 7) is 0. The van der Waals surface area contributed by atoms with Crippen molar-refractivity contribution in [2.24, 2.45) is 5.73 Å². The van der Waals surface area contributed by atoms with Crippen LogP contribution in [-0.2, 0) is 0 Å². The van der Waals surface area contributed by atoms with Crippen molar-refractivity contribution in [3.8, 4) is 5.75 Å². The average Bonchev–Trinajstić information content (AvgIpc) is 2.40. The number of nitrogens with one attached hydrogen (secondary N) is 1. The summed E-state index contributed by atoms with van der Waals surface area (Å²) in [6.07, 6.45) is 0. The molecule has 0 spiro atoms. The highest BCUT2D eigenvalue weighted by Crippen LogP contribution is 2.18. The number of nitrogens with two attached hydrogens (primary N) is 1. The molecule has 0 aromatic heterocycles. The molecule has 2 aromatic rings. The minimum absolute atomic E-state index is 0.133. The molecule has 0 bridgehead atoms. The number of carbonyl (C=O) groups excluding carboxylic acids is 1. The van der Waals surface area contributed by atoms with E-state index in [1.165, 1.54) is 0 Å². The van der Waals surface area contributed by atoms with Gasteiger partial charge in [-0.15, -0.1) is 0 Å². The third kappa shape index (κ3) is 2.55. The van der Waals surface area contributed by atoms with Gasteiger partial charge in [0.05, 0.1) is 11.1 Å². The van der Waals surface area contributed by atoms with Gasteiger partial charge in [-0.3, -0.25) is 5.41 Å². The van der Waals surface area contributed by atoms with Crippen molar-refractivity contribution in [3.05, 3.63) is 65.7 Å². The largest absolute Gasteiger partial charge is 0.422 e. The Morgan fingerprint density at radius 3 is 2.28 bits per heavy atom. The SMILES string of the molecule is N=C(N)c1ccccc1OC(=O)c1ccccc1. The Kier molecular flexibility index (Phi) is 3.38. The zero-order valence-electron chi connectivity index (χ0n) is 9.59.